The van der Waals surface area contributed by atoms with E-state index in [0.29, 0.717) is 10.7 Å². The highest BCUT2D eigenvalue weighted by Gasteiger charge is 2.02. The Morgan fingerprint density at radius 1 is 1.50 bits per heavy atom. The molecule has 0 amide bonds. The normalized spacial score (nSPS) is 10.0. The van der Waals surface area contributed by atoms with E-state index >= 15 is 0 Å². The zero-order valence-corrected chi connectivity index (χ0v) is 6.76. The second-order valence-electron chi connectivity index (χ2n) is 2.38. The van der Waals surface area contributed by atoms with Crippen LogP contribution in [0.3, 0.4) is 0 Å². The molecule has 0 aliphatic rings. The fourth-order valence-electron chi connectivity index (χ4n) is 1.05. The topological polar surface area (TPSA) is 52.5 Å². The van der Waals surface area contributed by atoms with E-state index in [4.69, 9.17) is 16.9 Å². The molecule has 0 aliphatic heterocycles. The lowest BCUT2D eigenvalue weighted by atomic mass is 10.2. The lowest BCUT2D eigenvalue weighted by Crippen LogP contribution is -1.73. The van der Waals surface area contributed by atoms with E-state index in [1.54, 1.807) is 18.2 Å². The van der Waals surface area contributed by atoms with Gasteiger partial charge >= 0.3 is 0 Å². The van der Waals surface area contributed by atoms with Crippen LogP contribution < -0.4 is 0 Å². The fourth-order valence-corrected chi connectivity index (χ4v) is 1.25. The first-order chi connectivity index (χ1) is 5.81. The van der Waals surface area contributed by atoms with Crippen molar-refractivity contribution in [2.24, 2.45) is 0 Å². The number of hydrogen-bond donors (Lipinski definition) is 1. The number of fused-ring (bicyclic) bond motifs is 1. The van der Waals surface area contributed by atoms with Gasteiger partial charge in [-0.1, -0.05) is 11.6 Å². The summed E-state index contributed by atoms with van der Waals surface area (Å²) in [7, 11) is 0. The van der Waals surface area contributed by atoms with Crippen molar-refractivity contribution in [3.05, 3.63) is 28.9 Å². The van der Waals surface area contributed by atoms with E-state index < -0.39 is 0 Å². The highest BCUT2D eigenvalue weighted by Crippen LogP contribution is 2.20. The van der Waals surface area contributed by atoms with E-state index in [-0.39, 0.29) is 0 Å². The van der Waals surface area contributed by atoms with Crippen LogP contribution in [0.15, 0.2) is 18.2 Å². The fraction of sp³-hybridized carbons (Fsp3) is 0. The van der Waals surface area contributed by atoms with Crippen LogP contribution in [0.25, 0.3) is 10.9 Å². The molecule has 1 heterocycles. The molecule has 0 radical (unpaired) electrons. The number of rotatable bonds is 0. The van der Waals surface area contributed by atoms with Crippen LogP contribution in [0.4, 0.5) is 0 Å². The maximum atomic E-state index is 8.58. The van der Waals surface area contributed by atoms with E-state index in [1.807, 2.05) is 6.07 Å². The number of H-pyrrole nitrogens is 1. The molecule has 4 heteroatoms. The maximum Gasteiger partial charge on any atom is 0.132 e. The van der Waals surface area contributed by atoms with Crippen molar-refractivity contribution in [1.29, 1.82) is 5.26 Å². The molecule has 0 aliphatic carbocycles. The monoisotopic (exact) mass is 177 g/mol. The van der Waals surface area contributed by atoms with Crippen molar-refractivity contribution in [2.45, 2.75) is 0 Å². The Morgan fingerprint density at radius 2 is 2.33 bits per heavy atom. The maximum absolute atomic E-state index is 8.58. The van der Waals surface area contributed by atoms with Gasteiger partial charge in [-0.2, -0.15) is 10.4 Å². The summed E-state index contributed by atoms with van der Waals surface area (Å²) in [6.07, 6.45) is 0. The van der Waals surface area contributed by atoms with Crippen LogP contribution in [0.1, 0.15) is 5.56 Å². The molecule has 3 nitrogen and oxygen atoms in total. The van der Waals surface area contributed by atoms with Gasteiger partial charge in [-0.25, -0.2) is 0 Å². The van der Waals surface area contributed by atoms with Gasteiger partial charge in [0, 0.05) is 5.39 Å². The zero-order valence-electron chi connectivity index (χ0n) is 6.00. The van der Waals surface area contributed by atoms with Gasteiger partial charge in [-0.15, -0.1) is 0 Å². The van der Waals surface area contributed by atoms with Crippen molar-refractivity contribution < 1.29 is 0 Å². The minimum Gasteiger partial charge on any atom is -0.266 e. The number of hydrogen-bond acceptors (Lipinski definition) is 2. The Hall–Kier alpha value is -1.53. The second-order valence-corrected chi connectivity index (χ2v) is 2.76. The van der Waals surface area contributed by atoms with Crippen LogP contribution in [-0.4, -0.2) is 10.2 Å². The SMILES string of the molecule is N#Cc1ccc2c(Cl)[nH]nc2c1. The minimum atomic E-state index is 0.509. The average Bonchev–Trinajstić information content (AvgIpc) is 2.47. The summed E-state index contributed by atoms with van der Waals surface area (Å²) < 4.78 is 0. The lowest BCUT2D eigenvalue weighted by Gasteiger charge is -1.87. The first-order valence-corrected chi connectivity index (χ1v) is 3.73. The van der Waals surface area contributed by atoms with Gasteiger partial charge < -0.3 is 0 Å². The third-order valence-corrected chi connectivity index (χ3v) is 1.93. The Balaban J connectivity index is 2.80. The predicted octanol–water partition coefficient (Wildman–Crippen LogP) is 2.09. The molecule has 0 spiro atoms. The first kappa shape index (κ1) is 7.14. The van der Waals surface area contributed by atoms with Gasteiger partial charge in [-0.05, 0) is 18.2 Å². The Morgan fingerprint density at radius 3 is 3.08 bits per heavy atom. The second kappa shape index (κ2) is 2.50. The summed E-state index contributed by atoms with van der Waals surface area (Å²) in [6, 6.07) is 7.21. The Kier molecular flexibility index (Phi) is 1.49. The largest absolute Gasteiger partial charge is 0.266 e. The third kappa shape index (κ3) is 0.936. The third-order valence-electron chi connectivity index (χ3n) is 1.64. The summed E-state index contributed by atoms with van der Waals surface area (Å²) in [5.74, 6) is 0. The molecule has 0 fully saturated rings. The summed E-state index contributed by atoms with van der Waals surface area (Å²) in [5, 5.41) is 16.5. The summed E-state index contributed by atoms with van der Waals surface area (Å²) in [6.45, 7) is 0. The number of halogens is 1. The van der Waals surface area contributed by atoms with Crippen molar-refractivity contribution in [3.63, 3.8) is 0 Å². The van der Waals surface area contributed by atoms with Crippen molar-refractivity contribution >= 4 is 22.5 Å². The molecule has 12 heavy (non-hydrogen) atoms. The number of nitrogens with zero attached hydrogens (tertiary/aromatic N) is 2. The molecule has 58 valence electrons. The smallest absolute Gasteiger partial charge is 0.132 e. The number of aromatic nitrogens is 2. The Labute approximate surface area is 73.6 Å². The molecule has 0 saturated carbocycles. The minimum absolute atomic E-state index is 0.509. The van der Waals surface area contributed by atoms with Crippen molar-refractivity contribution in [2.75, 3.05) is 0 Å². The van der Waals surface area contributed by atoms with E-state index in [1.165, 1.54) is 0 Å². The van der Waals surface area contributed by atoms with Gasteiger partial charge in [-0.3, -0.25) is 5.10 Å². The van der Waals surface area contributed by atoms with E-state index in [2.05, 4.69) is 10.2 Å². The number of nitrogens with one attached hydrogen (secondary N) is 1. The van der Waals surface area contributed by atoms with Crippen LogP contribution in [0.5, 0.6) is 0 Å². The Bertz CT molecular complexity index is 467. The molecule has 2 aromatic rings. The van der Waals surface area contributed by atoms with Crippen molar-refractivity contribution in [1.82, 2.24) is 10.2 Å². The standard InChI is InChI=1S/C8H4ClN3/c9-8-6-2-1-5(4-10)3-7(6)11-12-8/h1-3H,(H,11,12). The molecule has 2 rings (SSSR count). The van der Waals surface area contributed by atoms with Gasteiger partial charge in [0.15, 0.2) is 0 Å². The van der Waals surface area contributed by atoms with E-state index in [0.717, 1.165) is 10.9 Å². The van der Waals surface area contributed by atoms with Crippen LogP contribution in [0.2, 0.25) is 5.15 Å². The van der Waals surface area contributed by atoms with Gasteiger partial charge in [0.05, 0.1) is 17.1 Å². The molecular formula is C8H4ClN3. The summed E-state index contributed by atoms with van der Waals surface area (Å²) >= 11 is 5.77. The van der Waals surface area contributed by atoms with Gasteiger partial charge in [0.25, 0.3) is 0 Å². The predicted molar refractivity (Wildman–Crippen MR) is 45.8 cm³/mol. The summed E-state index contributed by atoms with van der Waals surface area (Å²) in [4.78, 5) is 0. The number of nitriles is 1. The molecule has 1 aromatic heterocycles. The van der Waals surface area contributed by atoms with Crippen molar-refractivity contribution in [3.8, 4) is 6.07 Å². The highest BCUT2D eigenvalue weighted by molar-refractivity contribution is 6.34. The quantitative estimate of drug-likeness (QED) is 0.670. The van der Waals surface area contributed by atoms with Gasteiger partial charge in [0.2, 0.25) is 0 Å². The van der Waals surface area contributed by atoms with Crippen LogP contribution >= 0.6 is 11.6 Å². The lowest BCUT2D eigenvalue weighted by molar-refractivity contribution is 1.12. The molecular weight excluding hydrogens is 174 g/mol. The first-order valence-electron chi connectivity index (χ1n) is 3.35. The molecule has 0 unspecified atom stereocenters. The number of benzene rings is 1. The van der Waals surface area contributed by atoms with Crippen LogP contribution in [0, 0.1) is 11.3 Å². The van der Waals surface area contributed by atoms with E-state index in [9.17, 15) is 0 Å². The molecule has 1 aromatic carbocycles. The zero-order chi connectivity index (χ0) is 8.55. The van der Waals surface area contributed by atoms with Crippen LogP contribution in [-0.2, 0) is 0 Å². The average molecular weight is 178 g/mol. The summed E-state index contributed by atoms with van der Waals surface area (Å²) in [5.41, 5.74) is 1.31. The molecule has 0 bridgehead atoms. The number of aromatic amines is 1. The molecule has 1 N–H and O–H groups in total. The van der Waals surface area contributed by atoms with Gasteiger partial charge in [0.1, 0.15) is 5.15 Å². The molecule has 0 saturated heterocycles. The highest BCUT2D eigenvalue weighted by atomic mass is 35.5. The molecule has 0 atom stereocenters.